The van der Waals surface area contributed by atoms with Gasteiger partial charge in [0.05, 0.1) is 10.0 Å². The van der Waals surface area contributed by atoms with E-state index in [9.17, 15) is 0 Å². The Bertz CT molecular complexity index is 731. The van der Waals surface area contributed by atoms with Crippen molar-refractivity contribution in [2.45, 2.75) is 29.2 Å². The van der Waals surface area contributed by atoms with Crippen LogP contribution in [0.1, 0.15) is 23.2 Å². The Kier molecular flexibility index (Phi) is 4.11. The van der Waals surface area contributed by atoms with Crippen molar-refractivity contribution in [3.8, 4) is 0 Å². The summed E-state index contributed by atoms with van der Waals surface area (Å²) in [6.07, 6.45) is 3.11. The largest absolute Gasteiger partial charge is 0.384 e. The van der Waals surface area contributed by atoms with E-state index < -0.39 is 0 Å². The summed E-state index contributed by atoms with van der Waals surface area (Å²) in [7, 11) is 0. The number of hydrogen-bond acceptors (Lipinski definition) is 3. The number of aromatic nitrogens is 1. The molecule has 0 spiro atoms. The van der Waals surface area contributed by atoms with Crippen molar-refractivity contribution in [3.05, 3.63) is 51.1 Å². The number of nitrogens with one attached hydrogen (secondary N) is 1. The van der Waals surface area contributed by atoms with Crippen LogP contribution in [0.15, 0.2) is 34.2 Å². The van der Waals surface area contributed by atoms with Gasteiger partial charge in [-0.15, -0.1) is 0 Å². The van der Waals surface area contributed by atoms with Crippen LogP contribution in [0, 0.1) is 5.41 Å². The van der Waals surface area contributed by atoms with Gasteiger partial charge >= 0.3 is 0 Å². The summed E-state index contributed by atoms with van der Waals surface area (Å²) in [5.74, 6) is 0.0414. The number of pyridine rings is 1. The van der Waals surface area contributed by atoms with E-state index in [4.69, 9.17) is 34.3 Å². The molecule has 3 nitrogen and oxygen atoms in total. The zero-order valence-electron chi connectivity index (χ0n) is 11.1. The highest BCUT2D eigenvalue weighted by molar-refractivity contribution is 7.99. The average Bonchev–Trinajstić information content (AvgIpc) is 2.89. The number of nitrogens with zero attached hydrogens (tertiary/aromatic N) is 1. The molecule has 2 aromatic rings. The Hall–Kier alpha value is -1.23. The number of amidine groups is 1. The van der Waals surface area contributed by atoms with Crippen molar-refractivity contribution in [2.24, 2.45) is 5.73 Å². The van der Waals surface area contributed by atoms with E-state index in [2.05, 4.69) is 4.98 Å². The first-order valence-corrected chi connectivity index (χ1v) is 8.12. The summed E-state index contributed by atoms with van der Waals surface area (Å²) >= 11 is 13.4. The van der Waals surface area contributed by atoms with Crippen LogP contribution in [-0.4, -0.2) is 10.8 Å². The molecule has 0 radical (unpaired) electrons. The summed E-state index contributed by atoms with van der Waals surface area (Å²) in [5.41, 5.74) is 8.71. The molecule has 1 heterocycles. The molecule has 0 atom stereocenters. The molecule has 0 aliphatic heterocycles. The molecule has 0 fully saturated rings. The molecule has 1 aliphatic rings. The lowest BCUT2D eigenvalue weighted by Crippen LogP contribution is -2.14. The van der Waals surface area contributed by atoms with E-state index >= 15 is 0 Å². The first kappa shape index (κ1) is 14.7. The van der Waals surface area contributed by atoms with Gasteiger partial charge in [-0.05, 0) is 49.1 Å². The highest BCUT2D eigenvalue weighted by atomic mass is 35.5. The lowest BCUT2D eigenvalue weighted by atomic mass is 10.1. The number of aryl methyl sites for hydroxylation is 2. The van der Waals surface area contributed by atoms with Gasteiger partial charge in [0.25, 0.3) is 0 Å². The van der Waals surface area contributed by atoms with Crippen molar-refractivity contribution in [1.82, 2.24) is 4.98 Å². The lowest BCUT2D eigenvalue weighted by Gasteiger charge is -2.10. The van der Waals surface area contributed by atoms with E-state index in [0.717, 1.165) is 34.9 Å². The second-order valence-electron chi connectivity index (χ2n) is 4.89. The fourth-order valence-corrected chi connectivity index (χ4v) is 3.71. The van der Waals surface area contributed by atoms with Crippen molar-refractivity contribution < 1.29 is 0 Å². The maximum atomic E-state index is 7.76. The van der Waals surface area contributed by atoms with E-state index in [1.807, 2.05) is 12.1 Å². The summed E-state index contributed by atoms with van der Waals surface area (Å²) in [6, 6.07) is 7.44. The molecule has 0 unspecified atom stereocenters. The van der Waals surface area contributed by atoms with Gasteiger partial charge in [0.2, 0.25) is 0 Å². The minimum absolute atomic E-state index is 0.0414. The van der Waals surface area contributed by atoms with Gasteiger partial charge in [-0.2, -0.15) is 0 Å². The number of nitrogen functional groups attached to an aromatic ring is 1. The van der Waals surface area contributed by atoms with Gasteiger partial charge in [-0.25, -0.2) is 4.98 Å². The zero-order valence-corrected chi connectivity index (χ0v) is 13.4. The number of halogens is 2. The molecule has 3 rings (SSSR count). The lowest BCUT2D eigenvalue weighted by molar-refractivity contribution is 0.891. The number of rotatable bonds is 3. The Morgan fingerprint density at radius 3 is 2.71 bits per heavy atom. The predicted molar refractivity (Wildman–Crippen MR) is 87.9 cm³/mol. The SMILES string of the molecule is N=C(N)c1cc2c(nc1Sc1ccc(Cl)c(Cl)c1)CCC2. The van der Waals surface area contributed by atoms with Crippen LogP contribution in [-0.2, 0) is 12.8 Å². The Morgan fingerprint density at radius 1 is 1.19 bits per heavy atom. The van der Waals surface area contributed by atoms with Gasteiger partial charge in [-0.1, -0.05) is 35.0 Å². The van der Waals surface area contributed by atoms with Crippen LogP contribution in [0.3, 0.4) is 0 Å². The molecule has 0 bridgehead atoms. The smallest absolute Gasteiger partial charge is 0.125 e. The normalized spacial score (nSPS) is 13.2. The van der Waals surface area contributed by atoms with Gasteiger partial charge in [0.15, 0.2) is 0 Å². The fraction of sp³-hybridized carbons (Fsp3) is 0.200. The number of hydrogen-bond donors (Lipinski definition) is 2. The molecule has 0 saturated heterocycles. The molecule has 0 amide bonds. The van der Waals surface area contributed by atoms with E-state index in [-0.39, 0.29) is 5.84 Å². The highest BCUT2D eigenvalue weighted by Gasteiger charge is 2.18. The maximum Gasteiger partial charge on any atom is 0.125 e. The van der Waals surface area contributed by atoms with E-state index in [1.165, 1.54) is 17.3 Å². The number of fused-ring (bicyclic) bond motifs is 1. The van der Waals surface area contributed by atoms with E-state index in [0.29, 0.717) is 15.6 Å². The third kappa shape index (κ3) is 3.03. The second kappa shape index (κ2) is 5.87. The first-order valence-electron chi connectivity index (χ1n) is 6.54. The van der Waals surface area contributed by atoms with Gasteiger partial charge in [-0.3, -0.25) is 5.41 Å². The monoisotopic (exact) mass is 337 g/mol. The van der Waals surface area contributed by atoms with Gasteiger partial charge in [0.1, 0.15) is 10.9 Å². The third-order valence-corrected chi connectivity index (χ3v) is 5.14. The molecular weight excluding hydrogens is 325 g/mol. The fourth-order valence-electron chi connectivity index (χ4n) is 2.38. The quantitative estimate of drug-likeness (QED) is 0.647. The van der Waals surface area contributed by atoms with Gasteiger partial charge in [0, 0.05) is 16.2 Å². The maximum absolute atomic E-state index is 7.76. The molecule has 1 aromatic carbocycles. The minimum Gasteiger partial charge on any atom is -0.384 e. The van der Waals surface area contributed by atoms with Gasteiger partial charge < -0.3 is 5.73 Å². The molecule has 3 N–H and O–H groups in total. The Labute approximate surface area is 137 Å². The van der Waals surface area contributed by atoms with Crippen LogP contribution in [0.25, 0.3) is 0 Å². The highest BCUT2D eigenvalue weighted by Crippen LogP contribution is 2.35. The first-order chi connectivity index (χ1) is 10.0. The van der Waals surface area contributed by atoms with Crippen molar-refractivity contribution in [1.29, 1.82) is 5.41 Å². The Balaban J connectivity index is 2.01. The van der Waals surface area contributed by atoms with Crippen LogP contribution in [0.4, 0.5) is 0 Å². The van der Waals surface area contributed by atoms with Crippen LogP contribution in [0.5, 0.6) is 0 Å². The molecule has 21 heavy (non-hydrogen) atoms. The zero-order chi connectivity index (χ0) is 15.0. The van der Waals surface area contributed by atoms with Crippen LogP contribution in [0.2, 0.25) is 10.0 Å². The standard InChI is InChI=1S/C15H13Cl2N3S/c16-11-5-4-9(7-12(11)17)21-15-10(14(18)19)6-8-2-1-3-13(8)20-15/h4-7H,1-3H2,(H3,18,19). The van der Waals surface area contributed by atoms with Crippen molar-refractivity contribution in [3.63, 3.8) is 0 Å². The van der Waals surface area contributed by atoms with E-state index in [1.54, 1.807) is 12.1 Å². The summed E-state index contributed by atoms with van der Waals surface area (Å²) in [5, 5.41) is 9.54. The minimum atomic E-state index is 0.0414. The van der Waals surface area contributed by atoms with Crippen LogP contribution < -0.4 is 5.73 Å². The topological polar surface area (TPSA) is 62.8 Å². The molecule has 108 valence electrons. The summed E-state index contributed by atoms with van der Waals surface area (Å²) < 4.78 is 0. The van der Waals surface area contributed by atoms with Crippen molar-refractivity contribution in [2.75, 3.05) is 0 Å². The molecule has 1 aliphatic carbocycles. The molecule has 1 aromatic heterocycles. The second-order valence-corrected chi connectivity index (χ2v) is 6.77. The average molecular weight is 338 g/mol. The molecular formula is C15H13Cl2N3S. The third-order valence-electron chi connectivity index (χ3n) is 3.41. The predicted octanol–water partition coefficient (Wildman–Crippen LogP) is 4.31. The Morgan fingerprint density at radius 2 is 2.00 bits per heavy atom. The molecule has 0 saturated carbocycles. The number of nitrogens with two attached hydrogens (primary N) is 1. The molecule has 6 heteroatoms. The summed E-state index contributed by atoms with van der Waals surface area (Å²) in [4.78, 5) is 5.62. The number of benzene rings is 1. The van der Waals surface area contributed by atoms with Crippen LogP contribution >= 0.6 is 35.0 Å². The van der Waals surface area contributed by atoms with Crippen molar-refractivity contribution >= 4 is 40.8 Å². The summed E-state index contributed by atoms with van der Waals surface area (Å²) in [6.45, 7) is 0.